The lowest BCUT2D eigenvalue weighted by Crippen LogP contribution is -2.27. The highest BCUT2D eigenvalue weighted by Crippen LogP contribution is 2.15. The Labute approximate surface area is 116 Å². The molecule has 2 heterocycles. The molecule has 0 saturated carbocycles. The maximum absolute atomic E-state index is 12.2. The Morgan fingerprint density at radius 2 is 2.00 bits per heavy atom. The molecular weight excluding hydrogens is 250 g/mol. The van der Waals surface area contributed by atoms with Crippen LogP contribution in [-0.4, -0.2) is 15.9 Å². The van der Waals surface area contributed by atoms with Gasteiger partial charge in [-0.25, -0.2) is 0 Å². The Bertz CT molecular complexity index is 701. The van der Waals surface area contributed by atoms with Gasteiger partial charge in [0, 0.05) is 17.1 Å². The molecule has 2 N–H and O–H groups in total. The highest BCUT2D eigenvalue weighted by Gasteiger charge is 2.13. The van der Waals surface area contributed by atoms with Gasteiger partial charge in [0.15, 0.2) is 0 Å². The van der Waals surface area contributed by atoms with E-state index in [-0.39, 0.29) is 11.9 Å². The number of H-pyrrole nitrogens is 1. The summed E-state index contributed by atoms with van der Waals surface area (Å²) in [6.07, 6.45) is 1.72. The van der Waals surface area contributed by atoms with Gasteiger partial charge < -0.3 is 10.3 Å². The van der Waals surface area contributed by atoms with E-state index in [0.29, 0.717) is 5.69 Å². The van der Waals surface area contributed by atoms with E-state index in [1.54, 1.807) is 6.20 Å². The minimum absolute atomic E-state index is 0.126. The van der Waals surface area contributed by atoms with Gasteiger partial charge in [-0.2, -0.15) is 0 Å². The lowest BCUT2D eigenvalue weighted by Gasteiger charge is -2.12. The maximum atomic E-state index is 12.2. The standard InChI is InChI=1S/C16H15N3O/c1-11(13-7-4-5-9-17-13)18-16(20)15-10-12-6-2-3-8-14(12)19-15/h2-11,19H,1H3,(H,18,20). The number of rotatable bonds is 3. The maximum Gasteiger partial charge on any atom is 0.268 e. The molecule has 1 aromatic carbocycles. The Morgan fingerprint density at radius 1 is 1.20 bits per heavy atom. The van der Waals surface area contributed by atoms with Crippen LogP contribution < -0.4 is 5.32 Å². The summed E-state index contributed by atoms with van der Waals surface area (Å²) in [5.74, 6) is -0.126. The van der Waals surface area contributed by atoms with Crippen LogP contribution in [0, 0.1) is 0 Å². The van der Waals surface area contributed by atoms with Crippen molar-refractivity contribution in [3.05, 3.63) is 66.1 Å². The molecule has 0 saturated heterocycles. The molecule has 0 bridgehead atoms. The first-order chi connectivity index (χ1) is 9.74. The fraction of sp³-hybridized carbons (Fsp3) is 0.125. The van der Waals surface area contributed by atoms with E-state index in [2.05, 4.69) is 15.3 Å². The summed E-state index contributed by atoms with van der Waals surface area (Å²) in [4.78, 5) is 19.6. The SMILES string of the molecule is CC(NC(=O)c1cc2ccccc2[nH]1)c1ccccn1. The second-order valence-electron chi connectivity index (χ2n) is 4.72. The normalized spacial score (nSPS) is 12.2. The number of aromatic amines is 1. The topological polar surface area (TPSA) is 57.8 Å². The van der Waals surface area contributed by atoms with E-state index in [4.69, 9.17) is 0 Å². The average molecular weight is 265 g/mol. The second kappa shape index (κ2) is 5.17. The van der Waals surface area contributed by atoms with Gasteiger partial charge in [0.25, 0.3) is 5.91 Å². The van der Waals surface area contributed by atoms with Gasteiger partial charge in [-0.15, -0.1) is 0 Å². The highest BCUT2D eigenvalue weighted by molar-refractivity contribution is 5.98. The van der Waals surface area contributed by atoms with Gasteiger partial charge in [-0.3, -0.25) is 9.78 Å². The largest absolute Gasteiger partial charge is 0.351 e. The van der Waals surface area contributed by atoms with Crippen molar-refractivity contribution in [1.82, 2.24) is 15.3 Å². The molecular formula is C16H15N3O. The molecule has 0 aliphatic heterocycles. The molecule has 2 aromatic heterocycles. The van der Waals surface area contributed by atoms with E-state index in [0.717, 1.165) is 16.6 Å². The number of nitrogens with zero attached hydrogens (tertiary/aromatic N) is 1. The van der Waals surface area contributed by atoms with Crippen molar-refractivity contribution in [2.45, 2.75) is 13.0 Å². The predicted molar refractivity (Wildman–Crippen MR) is 78.4 cm³/mol. The zero-order valence-electron chi connectivity index (χ0n) is 11.1. The Morgan fingerprint density at radius 3 is 2.75 bits per heavy atom. The van der Waals surface area contributed by atoms with Gasteiger partial charge >= 0.3 is 0 Å². The molecule has 4 nitrogen and oxygen atoms in total. The monoisotopic (exact) mass is 265 g/mol. The van der Waals surface area contributed by atoms with Crippen LogP contribution in [-0.2, 0) is 0 Å². The number of pyridine rings is 1. The lowest BCUT2D eigenvalue weighted by molar-refractivity contribution is 0.0935. The molecule has 3 rings (SSSR count). The van der Waals surface area contributed by atoms with Crippen LogP contribution in [0.5, 0.6) is 0 Å². The summed E-state index contributed by atoms with van der Waals surface area (Å²) < 4.78 is 0. The van der Waals surface area contributed by atoms with Crippen LogP contribution in [0.25, 0.3) is 10.9 Å². The molecule has 0 spiro atoms. The van der Waals surface area contributed by atoms with E-state index >= 15 is 0 Å². The van der Waals surface area contributed by atoms with Crippen molar-refractivity contribution in [2.75, 3.05) is 0 Å². The number of carbonyl (C=O) groups is 1. The predicted octanol–water partition coefficient (Wildman–Crippen LogP) is 3.05. The van der Waals surface area contributed by atoms with Gasteiger partial charge in [0.2, 0.25) is 0 Å². The minimum Gasteiger partial charge on any atom is -0.351 e. The Kier molecular flexibility index (Phi) is 3.21. The van der Waals surface area contributed by atoms with Crippen LogP contribution in [0.1, 0.15) is 29.1 Å². The van der Waals surface area contributed by atoms with Crippen molar-refractivity contribution in [3.8, 4) is 0 Å². The van der Waals surface area contributed by atoms with E-state index < -0.39 is 0 Å². The molecule has 1 atom stereocenters. The van der Waals surface area contributed by atoms with Crippen molar-refractivity contribution in [1.29, 1.82) is 0 Å². The molecule has 0 aliphatic carbocycles. The van der Waals surface area contributed by atoms with E-state index in [1.807, 2.05) is 55.5 Å². The van der Waals surface area contributed by atoms with Crippen molar-refractivity contribution < 1.29 is 4.79 Å². The summed E-state index contributed by atoms with van der Waals surface area (Å²) in [7, 11) is 0. The Hall–Kier alpha value is -2.62. The first-order valence-corrected chi connectivity index (χ1v) is 6.53. The molecule has 1 unspecified atom stereocenters. The summed E-state index contributed by atoms with van der Waals surface area (Å²) in [5.41, 5.74) is 2.37. The zero-order chi connectivity index (χ0) is 13.9. The van der Waals surface area contributed by atoms with E-state index in [1.165, 1.54) is 0 Å². The number of aromatic nitrogens is 2. The number of hydrogen-bond acceptors (Lipinski definition) is 2. The van der Waals surface area contributed by atoms with Gasteiger partial charge in [0.05, 0.1) is 11.7 Å². The third-order valence-electron chi connectivity index (χ3n) is 3.25. The fourth-order valence-electron chi connectivity index (χ4n) is 2.18. The molecule has 0 fully saturated rings. The van der Waals surface area contributed by atoms with Crippen molar-refractivity contribution in [2.24, 2.45) is 0 Å². The minimum atomic E-state index is -0.130. The number of nitrogens with one attached hydrogen (secondary N) is 2. The highest BCUT2D eigenvalue weighted by atomic mass is 16.1. The summed E-state index contributed by atoms with van der Waals surface area (Å²) in [5, 5.41) is 3.97. The lowest BCUT2D eigenvalue weighted by atomic mass is 10.2. The fourth-order valence-corrected chi connectivity index (χ4v) is 2.18. The zero-order valence-corrected chi connectivity index (χ0v) is 11.1. The van der Waals surface area contributed by atoms with Crippen LogP contribution in [0.2, 0.25) is 0 Å². The van der Waals surface area contributed by atoms with Gasteiger partial charge in [0.1, 0.15) is 5.69 Å². The second-order valence-corrected chi connectivity index (χ2v) is 4.72. The average Bonchev–Trinajstić information content (AvgIpc) is 2.92. The van der Waals surface area contributed by atoms with Crippen LogP contribution >= 0.6 is 0 Å². The number of para-hydroxylation sites is 1. The third-order valence-corrected chi connectivity index (χ3v) is 3.25. The third kappa shape index (κ3) is 2.40. The molecule has 0 aliphatic rings. The quantitative estimate of drug-likeness (QED) is 0.764. The van der Waals surface area contributed by atoms with Crippen LogP contribution in [0.4, 0.5) is 0 Å². The first kappa shape index (κ1) is 12.4. The molecule has 20 heavy (non-hydrogen) atoms. The number of carbonyl (C=O) groups excluding carboxylic acids is 1. The summed E-state index contributed by atoms with van der Waals surface area (Å²) in [6.45, 7) is 1.92. The summed E-state index contributed by atoms with van der Waals surface area (Å²) >= 11 is 0. The number of benzene rings is 1. The number of fused-ring (bicyclic) bond motifs is 1. The molecule has 100 valence electrons. The molecule has 3 aromatic rings. The summed E-state index contributed by atoms with van der Waals surface area (Å²) in [6, 6.07) is 15.2. The number of amides is 1. The van der Waals surface area contributed by atoms with Crippen molar-refractivity contribution in [3.63, 3.8) is 0 Å². The van der Waals surface area contributed by atoms with Gasteiger partial charge in [-0.05, 0) is 31.2 Å². The smallest absolute Gasteiger partial charge is 0.268 e. The number of hydrogen-bond donors (Lipinski definition) is 2. The van der Waals surface area contributed by atoms with E-state index in [9.17, 15) is 4.79 Å². The van der Waals surface area contributed by atoms with Crippen LogP contribution in [0.3, 0.4) is 0 Å². The van der Waals surface area contributed by atoms with Crippen LogP contribution in [0.15, 0.2) is 54.7 Å². The molecule has 4 heteroatoms. The first-order valence-electron chi connectivity index (χ1n) is 6.53. The molecule has 0 radical (unpaired) electrons. The Balaban J connectivity index is 1.79. The van der Waals surface area contributed by atoms with Crippen molar-refractivity contribution >= 4 is 16.8 Å². The van der Waals surface area contributed by atoms with Gasteiger partial charge in [-0.1, -0.05) is 24.3 Å². The molecule has 1 amide bonds.